The van der Waals surface area contributed by atoms with E-state index >= 15 is 0 Å². The van der Waals surface area contributed by atoms with Crippen molar-refractivity contribution in [2.45, 2.75) is 139 Å². The molecule has 0 aromatic heterocycles. The molecule has 4 fully saturated rings. The van der Waals surface area contributed by atoms with Crippen LogP contribution < -0.4 is 5.73 Å². The molecule has 1 spiro atoms. The van der Waals surface area contributed by atoms with Gasteiger partial charge in [-0.2, -0.15) is 0 Å². The SMILES string of the molecule is CC.CC.CC(C)=CCCC(C)C1CCC2C3CCC4CC(Cc5ccccc5N)CCC4(CCC12C)C3. The fraction of sp³-hybridized carbons (Fsp3) is 0.784. The second-order valence-corrected chi connectivity index (χ2v) is 13.8. The van der Waals surface area contributed by atoms with Gasteiger partial charge in [-0.25, -0.2) is 0 Å². The van der Waals surface area contributed by atoms with Crippen LogP contribution in [-0.2, 0) is 6.42 Å². The van der Waals surface area contributed by atoms with Crippen LogP contribution in [0.5, 0.6) is 0 Å². The molecular formula is C37H63N. The molecule has 38 heavy (non-hydrogen) atoms. The summed E-state index contributed by atoms with van der Waals surface area (Å²) >= 11 is 0. The zero-order valence-electron chi connectivity index (χ0n) is 26.6. The van der Waals surface area contributed by atoms with E-state index in [0.29, 0.717) is 10.8 Å². The van der Waals surface area contributed by atoms with Crippen molar-refractivity contribution in [3.05, 3.63) is 41.5 Å². The normalized spacial score (nSPS) is 36.2. The zero-order chi connectivity index (χ0) is 27.9. The van der Waals surface area contributed by atoms with E-state index in [0.717, 1.165) is 41.2 Å². The average Bonchev–Trinajstić information content (AvgIpc) is 3.24. The Balaban J connectivity index is 0.000000956. The van der Waals surface area contributed by atoms with Gasteiger partial charge < -0.3 is 5.73 Å². The molecular weight excluding hydrogens is 458 g/mol. The number of fused-ring (bicyclic) bond motifs is 3. The van der Waals surface area contributed by atoms with Gasteiger partial charge >= 0.3 is 0 Å². The first kappa shape index (κ1) is 31.3. The first-order chi connectivity index (χ1) is 18.3. The van der Waals surface area contributed by atoms with Crippen LogP contribution in [0.15, 0.2) is 35.9 Å². The van der Waals surface area contributed by atoms with Crippen molar-refractivity contribution in [2.75, 3.05) is 5.73 Å². The topological polar surface area (TPSA) is 26.0 Å². The lowest BCUT2D eigenvalue weighted by Gasteiger charge is -2.52. The molecule has 4 saturated carbocycles. The van der Waals surface area contributed by atoms with E-state index in [-0.39, 0.29) is 0 Å². The van der Waals surface area contributed by atoms with E-state index in [1.165, 1.54) is 88.2 Å². The Morgan fingerprint density at radius 3 is 2.42 bits per heavy atom. The van der Waals surface area contributed by atoms with E-state index in [1.54, 1.807) is 6.42 Å². The number of hydrogen-bond acceptors (Lipinski definition) is 1. The Kier molecular flexibility index (Phi) is 11.4. The van der Waals surface area contributed by atoms with Crippen LogP contribution in [0.1, 0.15) is 138 Å². The summed E-state index contributed by atoms with van der Waals surface area (Å²) in [6, 6.07) is 8.60. The number of allylic oxidation sites excluding steroid dienone is 2. The monoisotopic (exact) mass is 521 g/mol. The van der Waals surface area contributed by atoms with Crippen LogP contribution in [0.4, 0.5) is 5.69 Å². The highest BCUT2D eigenvalue weighted by molar-refractivity contribution is 5.46. The lowest BCUT2D eigenvalue weighted by molar-refractivity contribution is -0.0124. The number of hydrogen-bond donors (Lipinski definition) is 1. The maximum atomic E-state index is 6.32. The smallest absolute Gasteiger partial charge is 0.0346 e. The number of nitrogens with two attached hydrogens (primary N) is 1. The van der Waals surface area contributed by atoms with Gasteiger partial charge in [0.1, 0.15) is 0 Å². The molecule has 2 N–H and O–H groups in total. The molecule has 0 heterocycles. The first-order valence-corrected chi connectivity index (χ1v) is 16.8. The summed E-state index contributed by atoms with van der Waals surface area (Å²) in [5.41, 5.74) is 11.5. The van der Waals surface area contributed by atoms with Crippen molar-refractivity contribution in [1.29, 1.82) is 0 Å². The van der Waals surface area contributed by atoms with Crippen LogP contribution in [0.2, 0.25) is 0 Å². The van der Waals surface area contributed by atoms with E-state index in [2.05, 4.69) is 58.0 Å². The summed E-state index contributed by atoms with van der Waals surface area (Å²) in [6.07, 6.45) is 21.4. The van der Waals surface area contributed by atoms with Crippen LogP contribution in [-0.4, -0.2) is 0 Å². The van der Waals surface area contributed by atoms with Crippen molar-refractivity contribution in [3.8, 4) is 0 Å². The van der Waals surface area contributed by atoms with Crippen molar-refractivity contribution in [1.82, 2.24) is 0 Å². The number of rotatable bonds is 6. The van der Waals surface area contributed by atoms with E-state index < -0.39 is 0 Å². The van der Waals surface area contributed by atoms with Gasteiger partial charge in [-0.15, -0.1) is 0 Å². The predicted octanol–water partition coefficient (Wildman–Crippen LogP) is 11.3. The number of anilines is 1. The van der Waals surface area contributed by atoms with Gasteiger partial charge in [-0.3, -0.25) is 0 Å². The number of para-hydroxylation sites is 1. The third-order valence-corrected chi connectivity index (χ3v) is 11.7. The Labute approximate surface area is 237 Å². The summed E-state index contributed by atoms with van der Waals surface area (Å²) in [5, 5.41) is 0. The predicted molar refractivity (Wildman–Crippen MR) is 169 cm³/mol. The zero-order valence-corrected chi connectivity index (χ0v) is 26.6. The van der Waals surface area contributed by atoms with Gasteiger partial charge in [0.05, 0.1) is 0 Å². The second-order valence-electron chi connectivity index (χ2n) is 13.8. The van der Waals surface area contributed by atoms with E-state index in [9.17, 15) is 0 Å². The Hall–Kier alpha value is -1.24. The molecule has 5 rings (SSSR count). The summed E-state index contributed by atoms with van der Waals surface area (Å²) in [5.74, 6) is 5.67. The molecule has 1 heteroatoms. The maximum Gasteiger partial charge on any atom is 0.0346 e. The number of benzene rings is 1. The van der Waals surface area contributed by atoms with Crippen LogP contribution in [0, 0.1) is 46.3 Å². The molecule has 1 nitrogen and oxygen atoms in total. The minimum Gasteiger partial charge on any atom is -0.399 e. The van der Waals surface area contributed by atoms with Crippen LogP contribution in [0.25, 0.3) is 0 Å². The van der Waals surface area contributed by atoms with Crippen molar-refractivity contribution < 1.29 is 0 Å². The molecule has 1 aromatic rings. The van der Waals surface area contributed by atoms with Gasteiger partial charge in [-0.1, -0.05) is 71.4 Å². The Morgan fingerprint density at radius 1 is 0.974 bits per heavy atom. The van der Waals surface area contributed by atoms with Crippen molar-refractivity contribution in [3.63, 3.8) is 0 Å². The molecule has 216 valence electrons. The highest BCUT2D eigenvalue weighted by Crippen LogP contribution is 2.67. The Bertz CT molecular complexity index is 880. The first-order valence-electron chi connectivity index (χ1n) is 16.8. The fourth-order valence-electron chi connectivity index (χ4n) is 9.92. The van der Waals surface area contributed by atoms with Crippen LogP contribution in [0.3, 0.4) is 0 Å². The third kappa shape index (κ3) is 6.55. The summed E-state index contributed by atoms with van der Waals surface area (Å²) in [6.45, 7) is 17.9. The molecule has 4 aliphatic rings. The molecule has 0 amide bonds. The van der Waals surface area contributed by atoms with Gasteiger partial charge in [0, 0.05) is 5.69 Å². The van der Waals surface area contributed by atoms with E-state index in [4.69, 9.17) is 5.73 Å². The highest BCUT2D eigenvalue weighted by Gasteiger charge is 2.58. The van der Waals surface area contributed by atoms with Crippen LogP contribution >= 0.6 is 0 Å². The lowest BCUT2D eigenvalue weighted by atomic mass is 9.53. The summed E-state index contributed by atoms with van der Waals surface area (Å²) in [7, 11) is 0. The molecule has 0 aliphatic heterocycles. The average molecular weight is 522 g/mol. The fourth-order valence-corrected chi connectivity index (χ4v) is 9.92. The minimum absolute atomic E-state index is 0.600. The standard InChI is InChI=1S/C33H51N.2C2H6/c1-23(2)8-7-9-24(3)29-14-15-30-27-12-13-28-21-25(20-26-10-5-6-11-31(26)34)16-17-33(28,22-27)19-18-32(29,30)4;2*1-2/h5-6,8,10-11,24-25,27-30H,7,9,12-22,34H2,1-4H3;2*1-2H3. The Morgan fingerprint density at radius 2 is 1.71 bits per heavy atom. The highest BCUT2D eigenvalue weighted by atomic mass is 14.6. The van der Waals surface area contributed by atoms with Gasteiger partial charge in [0.25, 0.3) is 0 Å². The molecule has 8 atom stereocenters. The third-order valence-electron chi connectivity index (χ3n) is 11.7. The number of nitrogen functional groups attached to an aromatic ring is 1. The maximum absolute atomic E-state index is 6.32. The quantitative estimate of drug-likeness (QED) is 0.292. The van der Waals surface area contributed by atoms with Gasteiger partial charge in [0.2, 0.25) is 0 Å². The molecule has 2 bridgehead atoms. The van der Waals surface area contributed by atoms with Crippen molar-refractivity contribution >= 4 is 5.69 Å². The molecule has 4 aliphatic carbocycles. The molecule has 0 saturated heterocycles. The lowest BCUT2D eigenvalue weighted by Crippen LogP contribution is -2.42. The molecule has 0 radical (unpaired) electrons. The van der Waals surface area contributed by atoms with Gasteiger partial charge in [0.15, 0.2) is 0 Å². The molecule has 8 unspecified atom stereocenters. The summed E-state index contributed by atoms with van der Waals surface area (Å²) in [4.78, 5) is 0. The molecule has 1 aromatic carbocycles. The second kappa shape index (κ2) is 13.9. The largest absolute Gasteiger partial charge is 0.399 e. The summed E-state index contributed by atoms with van der Waals surface area (Å²) < 4.78 is 0. The van der Waals surface area contributed by atoms with Crippen molar-refractivity contribution in [2.24, 2.45) is 46.3 Å². The van der Waals surface area contributed by atoms with E-state index in [1.807, 2.05) is 27.7 Å². The van der Waals surface area contributed by atoms with Gasteiger partial charge in [-0.05, 0) is 155 Å². The minimum atomic E-state index is 0.600.